The van der Waals surface area contributed by atoms with Crippen molar-refractivity contribution in [3.63, 3.8) is 0 Å². The van der Waals surface area contributed by atoms with Crippen molar-refractivity contribution in [2.75, 3.05) is 0 Å². The fraction of sp³-hybridized carbons (Fsp3) is 0.214. The molecule has 92 valence electrons. The summed E-state index contributed by atoms with van der Waals surface area (Å²) in [5.41, 5.74) is 2.47. The highest BCUT2D eigenvalue weighted by molar-refractivity contribution is 5.35. The second-order valence-corrected chi connectivity index (χ2v) is 4.07. The van der Waals surface area contributed by atoms with Gasteiger partial charge in [-0.25, -0.2) is 4.39 Å². The quantitative estimate of drug-likeness (QED) is 0.737. The van der Waals surface area contributed by atoms with Crippen LogP contribution in [-0.4, -0.2) is 4.98 Å². The smallest absolute Gasteiger partial charge is 0.123 e. The maximum Gasteiger partial charge on any atom is 0.123 e. The van der Waals surface area contributed by atoms with Crippen LogP contribution in [-0.2, 0) is 0 Å². The SMILES string of the molecule is Cc1cccc(C(C)N=Nc2ccc(F)cc2)n1. The number of halogens is 1. The molecule has 0 aliphatic rings. The summed E-state index contributed by atoms with van der Waals surface area (Å²) < 4.78 is 12.7. The molecule has 1 unspecified atom stereocenters. The first-order valence-corrected chi connectivity index (χ1v) is 5.75. The summed E-state index contributed by atoms with van der Waals surface area (Å²) in [7, 11) is 0. The van der Waals surface area contributed by atoms with Crippen LogP contribution >= 0.6 is 0 Å². The predicted molar refractivity (Wildman–Crippen MR) is 68.3 cm³/mol. The van der Waals surface area contributed by atoms with Gasteiger partial charge in [-0.05, 0) is 50.2 Å². The molecular weight excluding hydrogens is 229 g/mol. The number of aromatic nitrogens is 1. The lowest BCUT2D eigenvalue weighted by Crippen LogP contribution is -1.94. The molecule has 0 bridgehead atoms. The third-order valence-electron chi connectivity index (χ3n) is 2.51. The van der Waals surface area contributed by atoms with Gasteiger partial charge in [-0.3, -0.25) is 4.98 Å². The summed E-state index contributed by atoms with van der Waals surface area (Å²) in [4.78, 5) is 4.39. The van der Waals surface area contributed by atoms with Crippen molar-refractivity contribution >= 4 is 5.69 Å². The topological polar surface area (TPSA) is 37.6 Å². The predicted octanol–water partition coefficient (Wildman–Crippen LogP) is 4.37. The average Bonchev–Trinajstić information content (AvgIpc) is 2.38. The van der Waals surface area contributed by atoms with Gasteiger partial charge in [0.25, 0.3) is 0 Å². The Balaban J connectivity index is 2.11. The molecule has 0 saturated carbocycles. The first-order valence-electron chi connectivity index (χ1n) is 5.75. The number of hydrogen-bond acceptors (Lipinski definition) is 3. The van der Waals surface area contributed by atoms with Crippen LogP contribution in [0.1, 0.15) is 24.4 Å². The van der Waals surface area contributed by atoms with Crippen LogP contribution in [0, 0.1) is 12.7 Å². The van der Waals surface area contributed by atoms with Gasteiger partial charge in [-0.15, -0.1) is 0 Å². The summed E-state index contributed by atoms with van der Waals surface area (Å²) in [6, 6.07) is 11.6. The van der Waals surface area contributed by atoms with Gasteiger partial charge in [0.05, 0.1) is 11.4 Å². The van der Waals surface area contributed by atoms with Crippen LogP contribution in [0.3, 0.4) is 0 Å². The van der Waals surface area contributed by atoms with Crippen LogP contribution < -0.4 is 0 Å². The van der Waals surface area contributed by atoms with Crippen molar-refractivity contribution in [2.45, 2.75) is 19.9 Å². The van der Waals surface area contributed by atoms with Gasteiger partial charge in [0, 0.05) is 5.69 Å². The summed E-state index contributed by atoms with van der Waals surface area (Å²) in [6.45, 7) is 3.86. The standard InChI is InChI=1S/C14H14FN3/c1-10-4-3-5-14(16-10)11(2)17-18-13-8-6-12(15)7-9-13/h3-9,11H,1-2H3. The average molecular weight is 243 g/mol. The minimum Gasteiger partial charge on any atom is -0.256 e. The Morgan fingerprint density at radius 3 is 2.50 bits per heavy atom. The zero-order valence-electron chi connectivity index (χ0n) is 10.3. The molecule has 0 radical (unpaired) electrons. The number of aryl methyl sites for hydroxylation is 1. The van der Waals surface area contributed by atoms with Crippen molar-refractivity contribution in [3.8, 4) is 0 Å². The van der Waals surface area contributed by atoms with E-state index in [1.165, 1.54) is 12.1 Å². The molecule has 2 aromatic rings. The van der Waals surface area contributed by atoms with Crippen LogP contribution in [0.2, 0.25) is 0 Å². The molecule has 0 amide bonds. The largest absolute Gasteiger partial charge is 0.256 e. The van der Waals surface area contributed by atoms with Gasteiger partial charge in [0.2, 0.25) is 0 Å². The molecule has 2 rings (SSSR count). The molecule has 1 aromatic heterocycles. The number of rotatable bonds is 3. The van der Waals surface area contributed by atoms with Gasteiger partial charge in [0.1, 0.15) is 11.9 Å². The molecule has 18 heavy (non-hydrogen) atoms. The van der Waals surface area contributed by atoms with E-state index in [2.05, 4.69) is 15.2 Å². The van der Waals surface area contributed by atoms with Gasteiger partial charge in [-0.1, -0.05) is 6.07 Å². The van der Waals surface area contributed by atoms with Crippen LogP contribution in [0.25, 0.3) is 0 Å². The van der Waals surface area contributed by atoms with Crippen molar-refractivity contribution in [1.82, 2.24) is 4.98 Å². The third-order valence-corrected chi connectivity index (χ3v) is 2.51. The summed E-state index contributed by atoms with van der Waals surface area (Å²) >= 11 is 0. The van der Waals surface area contributed by atoms with E-state index < -0.39 is 0 Å². The van der Waals surface area contributed by atoms with Gasteiger partial charge < -0.3 is 0 Å². The van der Waals surface area contributed by atoms with Crippen molar-refractivity contribution in [3.05, 3.63) is 59.7 Å². The Kier molecular flexibility index (Phi) is 3.77. The minimum absolute atomic E-state index is 0.116. The fourth-order valence-corrected chi connectivity index (χ4v) is 1.52. The Morgan fingerprint density at radius 1 is 1.11 bits per heavy atom. The molecule has 0 fully saturated rings. The van der Waals surface area contributed by atoms with Crippen LogP contribution in [0.5, 0.6) is 0 Å². The van der Waals surface area contributed by atoms with Crippen LogP contribution in [0.4, 0.5) is 10.1 Å². The highest BCUT2D eigenvalue weighted by atomic mass is 19.1. The molecule has 3 nitrogen and oxygen atoms in total. The van der Waals surface area contributed by atoms with E-state index in [0.717, 1.165) is 11.4 Å². The number of nitrogens with zero attached hydrogens (tertiary/aromatic N) is 3. The fourth-order valence-electron chi connectivity index (χ4n) is 1.52. The van der Waals surface area contributed by atoms with Crippen LogP contribution in [0.15, 0.2) is 52.7 Å². The Labute approximate surface area is 105 Å². The molecule has 0 aliphatic heterocycles. The Bertz CT molecular complexity index is 549. The summed E-state index contributed by atoms with van der Waals surface area (Å²) in [5.74, 6) is -0.276. The van der Waals surface area contributed by atoms with Crippen molar-refractivity contribution in [1.29, 1.82) is 0 Å². The number of benzene rings is 1. The molecule has 1 heterocycles. The molecule has 0 N–H and O–H groups in total. The minimum atomic E-state index is -0.276. The zero-order valence-corrected chi connectivity index (χ0v) is 10.3. The maximum atomic E-state index is 12.7. The molecule has 0 aliphatic carbocycles. The van der Waals surface area contributed by atoms with E-state index in [1.807, 2.05) is 32.0 Å². The molecule has 0 saturated heterocycles. The molecular formula is C14H14FN3. The first-order chi connectivity index (χ1) is 8.65. The van der Waals surface area contributed by atoms with Gasteiger partial charge >= 0.3 is 0 Å². The highest BCUT2D eigenvalue weighted by Crippen LogP contribution is 2.19. The molecule has 1 atom stereocenters. The number of pyridine rings is 1. The third kappa shape index (κ3) is 3.20. The second-order valence-electron chi connectivity index (χ2n) is 4.07. The van der Waals surface area contributed by atoms with Crippen molar-refractivity contribution < 1.29 is 4.39 Å². The van der Waals surface area contributed by atoms with E-state index in [0.29, 0.717) is 5.69 Å². The maximum absolute atomic E-state index is 12.7. The van der Waals surface area contributed by atoms with E-state index in [1.54, 1.807) is 12.1 Å². The monoisotopic (exact) mass is 243 g/mol. The molecule has 0 spiro atoms. The molecule has 4 heteroatoms. The molecule has 1 aromatic carbocycles. The van der Waals surface area contributed by atoms with Gasteiger partial charge in [0.15, 0.2) is 0 Å². The zero-order chi connectivity index (χ0) is 13.0. The number of azo groups is 1. The van der Waals surface area contributed by atoms with E-state index in [-0.39, 0.29) is 11.9 Å². The van der Waals surface area contributed by atoms with E-state index in [4.69, 9.17) is 0 Å². The summed E-state index contributed by atoms with van der Waals surface area (Å²) in [6.07, 6.45) is 0. The van der Waals surface area contributed by atoms with Gasteiger partial charge in [-0.2, -0.15) is 10.2 Å². The lowest BCUT2D eigenvalue weighted by molar-refractivity contribution is 0.627. The Morgan fingerprint density at radius 2 is 1.83 bits per heavy atom. The lowest BCUT2D eigenvalue weighted by Gasteiger charge is -2.04. The van der Waals surface area contributed by atoms with E-state index >= 15 is 0 Å². The second kappa shape index (κ2) is 5.49. The highest BCUT2D eigenvalue weighted by Gasteiger charge is 2.04. The van der Waals surface area contributed by atoms with Crippen molar-refractivity contribution in [2.24, 2.45) is 10.2 Å². The Hall–Kier alpha value is -2.10. The summed E-state index contributed by atoms with van der Waals surface area (Å²) in [5, 5.41) is 8.25. The number of hydrogen-bond donors (Lipinski definition) is 0. The lowest BCUT2D eigenvalue weighted by atomic mass is 10.2. The van der Waals surface area contributed by atoms with E-state index in [9.17, 15) is 4.39 Å². The first kappa shape index (κ1) is 12.4. The normalized spacial score (nSPS) is 12.8.